The molecule has 7 nitrogen and oxygen atoms in total. The van der Waals surface area contributed by atoms with Crippen LogP contribution in [-0.4, -0.2) is 44.7 Å². The van der Waals surface area contributed by atoms with Crippen LogP contribution in [0.4, 0.5) is 0 Å². The predicted octanol–water partition coefficient (Wildman–Crippen LogP) is 3.22. The average molecular weight is 424 g/mol. The molecule has 0 radical (unpaired) electrons. The van der Waals surface area contributed by atoms with Gasteiger partial charge in [-0.3, -0.25) is 4.79 Å². The molecule has 0 aliphatic carbocycles. The monoisotopic (exact) mass is 423 g/mol. The number of benzene rings is 2. The van der Waals surface area contributed by atoms with Crippen LogP contribution in [0.5, 0.6) is 0 Å². The number of rotatable bonds is 9. The maximum atomic E-state index is 12.3. The smallest absolute Gasteiger partial charge is 0.273 e. The lowest BCUT2D eigenvalue weighted by Gasteiger charge is -2.26. The number of amides is 1. The van der Waals surface area contributed by atoms with Crippen molar-refractivity contribution in [2.24, 2.45) is 16.2 Å². The molecule has 1 heterocycles. The fourth-order valence-electron chi connectivity index (χ4n) is 3.44. The molecule has 0 saturated carbocycles. The molecule has 1 saturated heterocycles. The second-order valence-corrected chi connectivity index (χ2v) is 7.56. The van der Waals surface area contributed by atoms with Crippen molar-refractivity contribution in [2.45, 2.75) is 26.9 Å². The van der Waals surface area contributed by atoms with E-state index in [1.165, 1.54) is 12.7 Å². The summed E-state index contributed by atoms with van der Waals surface area (Å²) in [6.45, 7) is 5.76. The molecule has 1 fully saturated rings. The number of carbonyl (C=O) groups is 1. The van der Waals surface area contributed by atoms with E-state index in [2.05, 4.69) is 27.8 Å². The van der Waals surface area contributed by atoms with E-state index >= 15 is 0 Å². The number of nitrogens with one attached hydrogen (secondary N) is 1. The molecular weight excluding hydrogens is 394 g/mol. The van der Waals surface area contributed by atoms with E-state index in [9.17, 15) is 4.79 Å². The minimum absolute atomic E-state index is 0.195. The lowest BCUT2D eigenvalue weighted by atomic mass is 9.96. The van der Waals surface area contributed by atoms with Crippen LogP contribution in [0.1, 0.15) is 34.7 Å². The number of carbonyl (C=O) groups excluding carboxylic acids is 1. The van der Waals surface area contributed by atoms with Gasteiger partial charge in [-0.25, -0.2) is 0 Å². The summed E-state index contributed by atoms with van der Waals surface area (Å²) < 4.78 is 5.27. The largest absolute Gasteiger partial charge is 0.398 e. The maximum Gasteiger partial charge on any atom is 0.273 e. The lowest BCUT2D eigenvalue weighted by Crippen LogP contribution is -2.29. The molecule has 2 aromatic rings. The maximum absolute atomic E-state index is 12.3. The molecule has 164 valence electrons. The molecule has 0 aromatic heterocycles. The van der Waals surface area contributed by atoms with Crippen LogP contribution in [-0.2, 0) is 32.2 Å². The average Bonchev–Trinajstić information content (AvgIpc) is 2.75. The van der Waals surface area contributed by atoms with Crippen LogP contribution in [0.3, 0.4) is 0 Å². The summed E-state index contributed by atoms with van der Waals surface area (Å²) in [5.41, 5.74) is 5.74. The first-order valence-corrected chi connectivity index (χ1v) is 10.3. The van der Waals surface area contributed by atoms with E-state index in [1.54, 1.807) is 7.05 Å². The van der Waals surface area contributed by atoms with Gasteiger partial charge in [0.15, 0.2) is 5.71 Å². The normalized spacial score (nSPS) is 14.7. The van der Waals surface area contributed by atoms with Gasteiger partial charge >= 0.3 is 0 Å². The Kier molecular flexibility index (Phi) is 7.78. The molecule has 31 heavy (non-hydrogen) atoms. The quantitative estimate of drug-likeness (QED) is 0.496. The van der Waals surface area contributed by atoms with Gasteiger partial charge in [0.05, 0.1) is 18.9 Å². The van der Waals surface area contributed by atoms with Crippen molar-refractivity contribution < 1.29 is 19.2 Å². The van der Waals surface area contributed by atoms with E-state index in [1.807, 2.05) is 44.2 Å². The number of hydrogen-bond acceptors (Lipinski definition) is 6. The molecule has 7 heteroatoms. The van der Waals surface area contributed by atoms with Gasteiger partial charge in [0.1, 0.15) is 13.7 Å². The van der Waals surface area contributed by atoms with Crippen molar-refractivity contribution in [2.75, 3.05) is 27.4 Å². The van der Waals surface area contributed by atoms with E-state index in [4.69, 9.17) is 14.4 Å². The van der Waals surface area contributed by atoms with Crippen LogP contribution in [0.2, 0.25) is 0 Å². The number of likely N-dealkylation sites (N-methyl/N-ethyl adjacent to an activating group) is 1. The Morgan fingerprint density at radius 3 is 2.65 bits per heavy atom. The SMILES string of the molecule is CNC(=O)/C(=N/OC)c1cccc(C)c1CO/N=C(\C)c1cccc(CC2COC2)c1. The summed E-state index contributed by atoms with van der Waals surface area (Å²) in [5.74, 6) is 0.272. The van der Waals surface area contributed by atoms with Crippen molar-refractivity contribution in [3.05, 3.63) is 70.3 Å². The Bertz CT molecular complexity index is 981. The fraction of sp³-hybridized carbons (Fsp3) is 0.375. The standard InChI is InChI=1S/C24H29N3O4/c1-16-7-5-10-21(23(27-29-4)24(28)25-3)22(16)15-31-26-17(2)20-9-6-8-18(12-20)11-19-13-30-14-19/h5-10,12,19H,11,13-15H2,1-4H3,(H,25,28)/b26-17+,27-23+. The molecule has 0 spiro atoms. The Balaban J connectivity index is 1.75. The third-order valence-corrected chi connectivity index (χ3v) is 5.28. The molecule has 1 aliphatic heterocycles. The van der Waals surface area contributed by atoms with Gasteiger partial charge in [-0.05, 0) is 43.0 Å². The van der Waals surface area contributed by atoms with Gasteiger partial charge in [0.2, 0.25) is 0 Å². The molecule has 1 aliphatic rings. The molecule has 3 rings (SSSR count). The highest BCUT2D eigenvalue weighted by molar-refractivity contribution is 6.45. The van der Waals surface area contributed by atoms with E-state index in [-0.39, 0.29) is 18.2 Å². The Labute approximate surface area is 183 Å². The van der Waals surface area contributed by atoms with Gasteiger partial charge in [0, 0.05) is 24.1 Å². The minimum atomic E-state index is -0.331. The third-order valence-electron chi connectivity index (χ3n) is 5.28. The van der Waals surface area contributed by atoms with Gasteiger partial charge in [0.25, 0.3) is 5.91 Å². The number of nitrogens with zero attached hydrogens (tertiary/aromatic N) is 2. The van der Waals surface area contributed by atoms with Crippen LogP contribution >= 0.6 is 0 Å². The van der Waals surface area contributed by atoms with Gasteiger partial charge in [-0.15, -0.1) is 0 Å². The van der Waals surface area contributed by atoms with Crippen molar-refractivity contribution in [3.8, 4) is 0 Å². The molecule has 0 atom stereocenters. The molecule has 0 bridgehead atoms. The highest BCUT2D eigenvalue weighted by Gasteiger charge is 2.20. The van der Waals surface area contributed by atoms with Crippen molar-refractivity contribution in [3.63, 3.8) is 0 Å². The number of hydrogen-bond donors (Lipinski definition) is 1. The predicted molar refractivity (Wildman–Crippen MR) is 120 cm³/mol. The zero-order valence-electron chi connectivity index (χ0n) is 18.5. The molecule has 0 unspecified atom stereocenters. The first kappa shape index (κ1) is 22.5. The summed E-state index contributed by atoms with van der Waals surface area (Å²) >= 11 is 0. The summed E-state index contributed by atoms with van der Waals surface area (Å²) in [6.07, 6.45) is 1.01. The minimum Gasteiger partial charge on any atom is -0.398 e. The number of ether oxygens (including phenoxy) is 1. The van der Waals surface area contributed by atoms with Gasteiger partial charge < -0.3 is 19.7 Å². The fourth-order valence-corrected chi connectivity index (χ4v) is 3.44. The van der Waals surface area contributed by atoms with E-state index in [0.717, 1.165) is 42.0 Å². The zero-order chi connectivity index (χ0) is 22.2. The second kappa shape index (κ2) is 10.7. The van der Waals surface area contributed by atoms with E-state index in [0.29, 0.717) is 11.5 Å². The highest BCUT2D eigenvalue weighted by atomic mass is 16.6. The Morgan fingerprint density at radius 2 is 1.97 bits per heavy atom. The van der Waals surface area contributed by atoms with Crippen LogP contribution < -0.4 is 5.32 Å². The number of oxime groups is 2. The van der Waals surface area contributed by atoms with Crippen LogP contribution in [0.25, 0.3) is 0 Å². The van der Waals surface area contributed by atoms with Gasteiger partial charge in [-0.1, -0.05) is 46.7 Å². The molecular formula is C24H29N3O4. The Morgan fingerprint density at radius 1 is 1.19 bits per heavy atom. The van der Waals surface area contributed by atoms with Crippen molar-refractivity contribution in [1.82, 2.24) is 5.32 Å². The summed E-state index contributed by atoms with van der Waals surface area (Å²) in [5, 5.41) is 10.8. The first-order valence-electron chi connectivity index (χ1n) is 10.3. The van der Waals surface area contributed by atoms with Crippen LogP contribution in [0, 0.1) is 12.8 Å². The first-order chi connectivity index (χ1) is 15.0. The summed E-state index contributed by atoms with van der Waals surface area (Å²) in [6, 6.07) is 14.0. The molecule has 1 N–H and O–H groups in total. The van der Waals surface area contributed by atoms with Crippen molar-refractivity contribution >= 4 is 17.3 Å². The Hall–Kier alpha value is -3.19. The molecule has 1 amide bonds. The molecule has 2 aromatic carbocycles. The third kappa shape index (κ3) is 5.70. The van der Waals surface area contributed by atoms with Crippen molar-refractivity contribution in [1.29, 1.82) is 0 Å². The lowest BCUT2D eigenvalue weighted by molar-refractivity contribution is -0.114. The number of aryl methyl sites for hydroxylation is 1. The van der Waals surface area contributed by atoms with Crippen LogP contribution in [0.15, 0.2) is 52.8 Å². The summed E-state index contributed by atoms with van der Waals surface area (Å²) in [4.78, 5) is 22.8. The topological polar surface area (TPSA) is 81.5 Å². The zero-order valence-corrected chi connectivity index (χ0v) is 18.5. The second-order valence-electron chi connectivity index (χ2n) is 7.56. The van der Waals surface area contributed by atoms with Gasteiger partial charge in [-0.2, -0.15) is 0 Å². The summed E-state index contributed by atoms with van der Waals surface area (Å²) in [7, 11) is 2.97. The highest BCUT2D eigenvalue weighted by Crippen LogP contribution is 2.19. The van der Waals surface area contributed by atoms with E-state index < -0.39 is 0 Å².